The summed E-state index contributed by atoms with van der Waals surface area (Å²) >= 11 is 0. The summed E-state index contributed by atoms with van der Waals surface area (Å²) < 4.78 is 15.7. The van der Waals surface area contributed by atoms with Crippen LogP contribution in [0.4, 0.5) is 4.79 Å². The molecule has 8 nitrogen and oxygen atoms in total. The van der Waals surface area contributed by atoms with Crippen LogP contribution in [0, 0.1) is 0 Å². The summed E-state index contributed by atoms with van der Waals surface area (Å²) in [5.74, 6) is 1.56. The van der Waals surface area contributed by atoms with E-state index in [-0.39, 0.29) is 24.8 Å². The Morgan fingerprint density at radius 1 is 1.26 bits per heavy atom. The number of benzene rings is 1. The van der Waals surface area contributed by atoms with E-state index >= 15 is 0 Å². The second kappa shape index (κ2) is 8.94. The molecule has 0 aromatic heterocycles. The fourth-order valence-electron chi connectivity index (χ4n) is 3.44. The standard InChI is InChI=1S/C19H27N3O5/c1-3-25-19(24)22-8-6-15(7-9-22)20-18(23)12-21(2)11-14-4-5-16-17(10-14)27-13-26-16/h4-5,10,15H,3,6-9,11-13H2,1-2H3,(H,20,23)/p+1. The van der Waals surface area contributed by atoms with Crippen molar-refractivity contribution in [3.63, 3.8) is 0 Å². The lowest BCUT2D eigenvalue weighted by atomic mass is 10.1. The van der Waals surface area contributed by atoms with Gasteiger partial charge in [-0.05, 0) is 38.0 Å². The fourth-order valence-corrected chi connectivity index (χ4v) is 3.44. The number of quaternary nitrogens is 1. The Bertz CT molecular complexity index is 673. The summed E-state index contributed by atoms with van der Waals surface area (Å²) in [6.45, 7) is 4.80. The van der Waals surface area contributed by atoms with Crippen molar-refractivity contribution in [2.45, 2.75) is 32.4 Å². The molecule has 27 heavy (non-hydrogen) atoms. The molecule has 1 unspecified atom stereocenters. The summed E-state index contributed by atoms with van der Waals surface area (Å²) in [5.41, 5.74) is 1.10. The number of nitrogens with zero attached hydrogens (tertiary/aromatic N) is 1. The van der Waals surface area contributed by atoms with Crippen LogP contribution in [0.25, 0.3) is 0 Å². The first-order valence-corrected chi connectivity index (χ1v) is 9.46. The van der Waals surface area contributed by atoms with Gasteiger partial charge in [0.2, 0.25) is 6.79 Å². The number of ether oxygens (including phenoxy) is 3. The Hall–Kier alpha value is -2.48. The number of rotatable bonds is 6. The van der Waals surface area contributed by atoms with Crippen molar-refractivity contribution in [1.29, 1.82) is 0 Å². The van der Waals surface area contributed by atoms with Gasteiger partial charge < -0.3 is 29.3 Å². The first kappa shape index (κ1) is 19.3. The van der Waals surface area contributed by atoms with E-state index in [1.807, 2.05) is 25.2 Å². The first-order valence-electron chi connectivity index (χ1n) is 9.46. The van der Waals surface area contributed by atoms with E-state index in [0.29, 0.717) is 26.2 Å². The molecule has 2 N–H and O–H groups in total. The molecule has 1 atom stereocenters. The molecule has 0 aliphatic carbocycles. The fraction of sp³-hybridized carbons (Fsp3) is 0.579. The van der Waals surface area contributed by atoms with Gasteiger partial charge >= 0.3 is 6.09 Å². The number of likely N-dealkylation sites (tertiary alicyclic amines) is 1. The van der Waals surface area contributed by atoms with Gasteiger partial charge in [0.15, 0.2) is 18.0 Å². The van der Waals surface area contributed by atoms with Gasteiger partial charge in [0.1, 0.15) is 6.54 Å². The summed E-state index contributed by atoms with van der Waals surface area (Å²) in [6, 6.07) is 5.98. The predicted octanol–water partition coefficient (Wildman–Crippen LogP) is 0.167. The van der Waals surface area contributed by atoms with Gasteiger partial charge in [-0.15, -0.1) is 0 Å². The molecule has 1 aromatic rings. The average Bonchev–Trinajstić information content (AvgIpc) is 3.10. The topological polar surface area (TPSA) is 81.5 Å². The van der Waals surface area contributed by atoms with E-state index in [2.05, 4.69) is 5.32 Å². The number of piperidine rings is 1. The maximum Gasteiger partial charge on any atom is 0.409 e. The number of carbonyl (C=O) groups is 2. The summed E-state index contributed by atoms with van der Waals surface area (Å²) in [5, 5.41) is 3.09. The van der Waals surface area contributed by atoms with Crippen LogP contribution >= 0.6 is 0 Å². The molecule has 3 rings (SSSR count). The van der Waals surface area contributed by atoms with Gasteiger partial charge in [0, 0.05) is 24.7 Å². The molecule has 2 aliphatic heterocycles. The highest BCUT2D eigenvalue weighted by molar-refractivity contribution is 5.77. The highest BCUT2D eigenvalue weighted by Crippen LogP contribution is 2.32. The van der Waals surface area contributed by atoms with Crippen LogP contribution in [0.3, 0.4) is 0 Å². The van der Waals surface area contributed by atoms with Crippen molar-refractivity contribution in [3.8, 4) is 11.5 Å². The number of carbonyl (C=O) groups excluding carboxylic acids is 2. The highest BCUT2D eigenvalue weighted by Gasteiger charge is 2.25. The van der Waals surface area contributed by atoms with Crippen molar-refractivity contribution in [1.82, 2.24) is 10.2 Å². The molecule has 8 heteroatoms. The maximum absolute atomic E-state index is 12.3. The Morgan fingerprint density at radius 3 is 2.74 bits per heavy atom. The lowest BCUT2D eigenvalue weighted by molar-refractivity contribution is -0.885. The van der Waals surface area contributed by atoms with Crippen LogP contribution in [-0.2, 0) is 16.1 Å². The van der Waals surface area contributed by atoms with E-state index < -0.39 is 0 Å². The van der Waals surface area contributed by atoms with Crippen LogP contribution in [0.2, 0.25) is 0 Å². The second-order valence-corrected chi connectivity index (χ2v) is 7.03. The summed E-state index contributed by atoms with van der Waals surface area (Å²) in [4.78, 5) is 26.8. The Kier molecular flexibility index (Phi) is 6.39. The van der Waals surface area contributed by atoms with Gasteiger partial charge in [0.05, 0.1) is 13.7 Å². The minimum Gasteiger partial charge on any atom is -0.454 e. The van der Waals surface area contributed by atoms with Crippen molar-refractivity contribution in [2.75, 3.05) is 40.1 Å². The molecule has 0 radical (unpaired) electrons. The molecule has 0 spiro atoms. The zero-order chi connectivity index (χ0) is 19.2. The molecule has 148 valence electrons. The third kappa shape index (κ3) is 5.26. The van der Waals surface area contributed by atoms with Gasteiger partial charge in [-0.2, -0.15) is 0 Å². The molecule has 0 bridgehead atoms. The molecule has 1 aromatic carbocycles. The molecule has 0 saturated carbocycles. The van der Waals surface area contributed by atoms with Crippen molar-refractivity contribution in [2.24, 2.45) is 0 Å². The van der Waals surface area contributed by atoms with E-state index in [1.165, 1.54) is 0 Å². The number of amides is 2. The number of likely N-dealkylation sites (N-methyl/N-ethyl adjacent to an activating group) is 1. The Labute approximate surface area is 159 Å². The molecule has 2 amide bonds. The normalized spacial score (nSPS) is 17.5. The van der Waals surface area contributed by atoms with E-state index in [1.54, 1.807) is 11.8 Å². The predicted molar refractivity (Wildman–Crippen MR) is 97.8 cm³/mol. The first-order chi connectivity index (χ1) is 13.0. The average molecular weight is 378 g/mol. The van der Waals surface area contributed by atoms with Gasteiger partial charge in [0.25, 0.3) is 5.91 Å². The van der Waals surface area contributed by atoms with Gasteiger partial charge in [-0.1, -0.05) is 0 Å². The van der Waals surface area contributed by atoms with Crippen LogP contribution in [0.15, 0.2) is 18.2 Å². The largest absolute Gasteiger partial charge is 0.454 e. The number of nitrogens with one attached hydrogen (secondary N) is 2. The summed E-state index contributed by atoms with van der Waals surface area (Å²) in [7, 11) is 1.99. The number of hydrogen-bond donors (Lipinski definition) is 2. The van der Waals surface area contributed by atoms with Crippen LogP contribution in [0.5, 0.6) is 11.5 Å². The minimum absolute atomic E-state index is 0.0304. The van der Waals surface area contributed by atoms with E-state index in [0.717, 1.165) is 41.3 Å². The molecular formula is C19H28N3O5+. The Morgan fingerprint density at radius 2 is 2.00 bits per heavy atom. The molecule has 1 saturated heterocycles. The second-order valence-electron chi connectivity index (χ2n) is 7.03. The lowest BCUT2D eigenvalue weighted by Crippen LogP contribution is -3.09. The van der Waals surface area contributed by atoms with E-state index in [4.69, 9.17) is 14.2 Å². The zero-order valence-electron chi connectivity index (χ0n) is 16.0. The van der Waals surface area contributed by atoms with Gasteiger partial charge in [-0.25, -0.2) is 4.79 Å². The monoisotopic (exact) mass is 378 g/mol. The SMILES string of the molecule is CCOC(=O)N1CCC(NC(=O)C[NH+](C)Cc2ccc3c(c2)OCO3)CC1. The smallest absolute Gasteiger partial charge is 0.409 e. The molecule has 2 heterocycles. The Balaban J connectivity index is 1.40. The minimum atomic E-state index is -0.268. The number of fused-ring (bicyclic) bond motifs is 1. The van der Waals surface area contributed by atoms with Crippen molar-refractivity contribution in [3.05, 3.63) is 23.8 Å². The summed E-state index contributed by atoms with van der Waals surface area (Å²) in [6.07, 6.45) is 1.24. The van der Waals surface area contributed by atoms with Gasteiger partial charge in [-0.3, -0.25) is 4.79 Å². The maximum atomic E-state index is 12.3. The van der Waals surface area contributed by atoms with Crippen LogP contribution in [-0.4, -0.2) is 63.0 Å². The third-order valence-electron chi connectivity index (χ3n) is 4.79. The van der Waals surface area contributed by atoms with Crippen molar-refractivity contribution < 1.29 is 28.7 Å². The molecule has 1 fully saturated rings. The lowest BCUT2D eigenvalue weighted by Gasteiger charge is -2.31. The third-order valence-corrected chi connectivity index (χ3v) is 4.79. The quantitative estimate of drug-likeness (QED) is 0.737. The zero-order valence-corrected chi connectivity index (χ0v) is 16.0. The van der Waals surface area contributed by atoms with Crippen LogP contribution < -0.4 is 19.7 Å². The van der Waals surface area contributed by atoms with E-state index in [9.17, 15) is 9.59 Å². The highest BCUT2D eigenvalue weighted by atomic mass is 16.7. The van der Waals surface area contributed by atoms with Crippen LogP contribution in [0.1, 0.15) is 25.3 Å². The van der Waals surface area contributed by atoms with Crippen molar-refractivity contribution >= 4 is 12.0 Å². The molecular weight excluding hydrogens is 350 g/mol. The number of hydrogen-bond acceptors (Lipinski definition) is 5. The molecule has 2 aliphatic rings.